The highest BCUT2D eigenvalue weighted by molar-refractivity contribution is 5.94. The van der Waals surface area contributed by atoms with Crippen LogP contribution in [0.2, 0.25) is 0 Å². The molecule has 0 radical (unpaired) electrons. The van der Waals surface area contributed by atoms with Gasteiger partial charge < -0.3 is 14.7 Å². The van der Waals surface area contributed by atoms with Crippen molar-refractivity contribution in [2.24, 2.45) is 0 Å². The van der Waals surface area contributed by atoms with Gasteiger partial charge in [0.2, 0.25) is 5.91 Å². The van der Waals surface area contributed by atoms with Crippen molar-refractivity contribution in [3.8, 4) is 0 Å². The van der Waals surface area contributed by atoms with E-state index in [0.29, 0.717) is 11.6 Å². The molecule has 128 valence electrons. The van der Waals surface area contributed by atoms with Gasteiger partial charge in [-0.15, -0.1) is 0 Å². The van der Waals surface area contributed by atoms with Crippen LogP contribution in [-0.2, 0) is 4.79 Å². The summed E-state index contributed by atoms with van der Waals surface area (Å²) in [6, 6.07) is 1.54. The first-order chi connectivity index (χ1) is 11.7. The van der Waals surface area contributed by atoms with Gasteiger partial charge >= 0.3 is 0 Å². The van der Waals surface area contributed by atoms with Crippen molar-refractivity contribution in [3.05, 3.63) is 30.4 Å². The van der Waals surface area contributed by atoms with Crippen molar-refractivity contribution >= 4 is 17.5 Å². The van der Waals surface area contributed by atoms with E-state index >= 15 is 0 Å². The second-order valence-corrected chi connectivity index (χ2v) is 5.82. The third-order valence-corrected chi connectivity index (χ3v) is 4.20. The number of aryl methyl sites for hydroxylation is 1. The molecule has 1 unspecified atom stereocenters. The SMILES string of the molecule is CCC(C(=O)Nc1cc(C)on1)N1CCN(c2cnccn2)CC1. The summed E-state index contributed by atoms with van der Waals surface area (Å²) >= 11 is 0. The molecule has 0 bridgehead atoms. The van der Waals surface area contributed by atoms with E-state index in [1.165, 1.54) is 0 Å². The molecule has 1 saturated heterocycles. The molecule has 1 aliphatic rings. The van der Waals surface area contributed by atoms with Crippen LogP contribution in [0.4, 0.5) is 11.6 Å². The number of piperazine rings is 1. The van der Waals surface area contributed by atoms with Crippen molar-refractivity contribution in [3.63, 3.8) is 0 Å². The van der Waals surface area contributed by atoms with Gasteiger partial charge in [0.25, 0.3) is 0 Å². The maximum Gasteiger partial charge on any atom is 0.242 e. The number of rotatable bonds is 5. The predicted molar refractivity (Wildman–Crippen MR) is 89.8 cm³/mol. The predicted octanol–water partition coefficient (Wildman–Crippen LogP) is 1.31. The molecule has 1 N–H and O–H groups in total. The Balaban J connectivity index is 1.58. The van der Waals surface area contributed by atoms with E-state index in [1.54, 1.807) is 31.6 Å². The highest BCUT2D eigenvalue weighted by Crippen LogP contribution is 2.16. The fourth-order valence-electron chi connectivity index (χ4n) is 2.96. The quantitative estimate of drug-likeness (QED) is 0.884. The molecule has 1 atom stereocenters. The molecule has 2 aromatic rings. The fraction of sp³-hybridized carbons (Fsp3) is 0.500. The lowest BCUT2D eigenvalue weighted by Crippen LogP contribution is -2.53. The van der Waals surface area contributed by atoms with Gasteiger partial charge in [0.05, 0.1) is 12.2 Å². The van der Waals surface area contributed by atoms with Crippen LogP contribution >= 0.6 is 0 Å². The number of aromatic nitrogens is 3. The first-order valence-corrected chi connectivity index (χ1v) is 8.16. The molecule has 24 heavy (non-hydrogen) atoms. The van der Waals surface area contributed by atoms with Gasteiger partial charge in [-0.2, -0.15) is 0 Å². The number of carbonyl (C=O) groups is 1. The lowest BCUT2D eigenvalue weighted by atomic mass is 10.1. The maximum atomic E-state index is 12.5. The van der Waals surface area contributed by atoms with Gasteiger partial charge in [-0.3, -0.25) is 14.7 Å². The van der Waals surface area contributed by atoms with Gasteiger partial charge in [-0.25, -0.2) is 4.98 Å². The molecule has 8 nitrogen and oxygen atoms in total. The first kappa shape index (κ1) is 16.4. The summed E-state index contributed by atoms with van der Waals surface area (Å²) in [4.78, 5) is 25.4. The van der Waals surface area contributed by atoms with Crippen molar-refractivity contribution in [1.29, 1.82) is 0 Å². The zero-order valence-corrected chi connectivity index (χ0v) is 14.0. The Labute approximate surface area is 140 Å². The Morgan fingerprint density at radius 2 is 2.12 bits per heavy atom. The summed E-state index contributed by atoms with van der Waals surface area (Å²) < 4.78 is 4.99. The van der Waals surface area contributed by atoms with Crippen molar-refractivity contribution in [2.45, 2.75) is 26.3 Å². The molecule has 0 aromatic carbocycles. The Morgan fingerprint density at radius 1 is 1.33 bits per heavy atom. The summed E-state index contributed by atoms with van der Waals surface area (Å²) in [6.45, 7) is 7.08. The summed E-state index contributed by atoms with van der Waals surface area (Å²) in [5.41, 5.74) is 0. The van der Waals surface area contributed by atoms with Gasteiger partial charge in [0.1, 0.15) is 11.6 Å². The third kappa shape index (κ3) is 3.70. The number of anilines is 2. The molecular weight excluding hydrogens is 308 g/mol. The Hall–Kier alpha value is -2.48. The molecule has 1 fully saturated rings. The summed E-state index contributed by atoms with van der Waals surface area (Å²) in [5.74, 6) is 1.98. The molecular formula is C16H22N6O2. The largest absolute Gasteiger partial charge is 0.360 e. The van der Waals surface area contributed by atoms with Crippen molar-refractivity contribution in [2.75, 3.05) is 36.4 Å². The number of nitrogens with one attached hydrogen (secondary N) is 1. The normalized spacial score (nSPS) is 16.8. The zero-order valence-electron chi connectivity index (χ0n) is 14.0. The van der Waals surface area contributed by atoms with E-state index in [2.05, 4.69) is 30.2 Å². The van der Waals surface area contributed by atoms with Crippen LogP contribution < -0.4 is 10.2 Å². The summed E-state index contributed by atoms with van der Waals surface area (Å²) in [6.07, 6.45) is 5.88. The van der Waals surface area contributed by atoms with Crippen LogP contribution in [-0.4, -0.2) is 58.2 Å². The molecule has 2 aromatic heterocycles. The fourth-order valence-corrected chi connectivity index (χ4v) is 2.96. The lowest BCUT2D eigenvalue weighted by Gasteiger charge is -2.38. The second-order valence-electron chi connectivity index (χ2n) is 5.82. The van der Waals surface area contributed by atoms with Crippen LogP contribution in [0.5, 0.6) is 0 Å². The maximum absolute atomic E-state index is 12.5. The molecule has 0 saturated carbocycles. The number of amides is 1. The average Bonchev–Trinajstić information content (AvgIpc) is 3.02. The van der Waals surface area contributed by atoms with Crippen LogP contribution in [0.15, 0.2) is 29.2 Å². The van der Waals surface area contributed by atoms with Crippen molar-refractivity contribution in [1.82, 2.24) is 20.0 Å². The van der Waals surface area contributed by atoms with E-state index < -0.39 is 0 Å². The number of carbonyl (C=O) groups excluding carboxylic acids is 1. The molecule has 0 spiro atoms. The van der Waals surface area contributed by atoms with Crippen LogP contribution in [0.1, 0.15) is 19.1 Å². The topological polar surface area (TPSA) is 87.4 Å². The first-order valence-electron chi connectivity index (χ1n) is 8.16. The van der Waals surface area contributed by atoms with Gasteiger partial charge in [0, 0.05) is 44.6 Å². The van der Waals surface area contributed by atoms with Gasteiger partial charge in [-0.05, 0) is 13.3 Å². The molecule has 0 aliphatic carbocycles. The monoisotopic (exact) mass is 330 g/mol. The number of hydrogen-bond donors (Lipinski definition) is 1. The van der Waals surface area contributed by atoms with Crippen LogP contribution in [0.3, 0.4) is 0 Å². The van der Waals surface area contributed by atoms with Gasteiger partial charge in [-0.1, -0.05) is 12.1 Å². The smallest absolute Gasteiger partial charge is 0.242 e. The third-order valence-electron chi connectivity index (χ3n) is 4.20. The standard InChI is InChI=1S/C16H22N6O2/c1-3-13(16(23)19-14-10-12(2)24-20-14)21-6-8-22(9-7-21)15-11-17-4-5-18-15/h4-5,10-11,13H,3,6-9H2,1-2H3,(H,19,20,23). The van der Waals surface area contributed by atoms with Crippen molar-refractivity contribution < 1.29 is 9.32 Å². The Morgan fingerprint density at radius 3 is 2.71 bits per heavy atom. The minimum absolute atomic E-state index is 0.0428. The zero-order chi connectivity index (χ0) is 16.9. The Bertz CT molecular complexity index is 666. The van der Waals surface area contributed by atoms with Crippen LogP contribution in [0, 0.1) is 6.92 Å². The van der Waals surface area contributed by atoms with E-state index in [4.69, 9.17) is 4.52 Å². The molecule has 3 rings (SSSR count). The number of hydrogen-bond acceptors (Lipinski definition) is 7. The van der Waals surface area contributed by atoms with E-state index in [0.717, 1.165) is 38.4 Å². The molecule has 3 heterocycles. The lowest BCUT2D eigenvalue weighted by molar-refractivity contribution is -0.121. The average molecular weight is 330 g/mol. The highest BCUT2D eigenvalue weighted by Gasteiger charge is 2.28. The Kier molecular flexibility index (Phi) is 5.05. The van der Waals surface area contributed by atoms with E-state index in [-0.39, 0.29) is 11.9 Å². The summed E-state index contributed by atoms with van der Waals surface area (Å²) in [5, 5.41) is 6.65. The van der Waals surface area contributed by atoms with E-state index in [1.807, 2.05) is 6.92 Å². The molecule has 1 amide bonds. The van der Waals surface area contributed by atoms with Gasteiger partial charge in [0.15, 0.2) is 5.82 Å². The second kappa shape index (κ2) is 7.39. The minimum atomic E-state index is -0.175. The molecule has 8 heteroatoms. The highest BCUT2D eigenvalue weighted by atomic mass is 16.5. The van der Waals surface area contributed by atoms with E-state index in [9.17, 15) is 4.79 Å². The summed E-state index contributed by atoms with van der Waals surface area (Å²) in [7, 11) is 0. The van der Waals surface area contributed by atoms with Crippen LogP contribution in [0.25, 0.3) is 0 Å². The minimum Gasteiger partial charge on any atom is -0.360 e. The number of nitrogens with zero attached hydrogens (tertiary/aromatic N) is 5. The molecule has 1 aliphatic heterocycles.